The van der Waals surface area contributed by atoms with Crippen LogP contribution < -0.4 is 15.8 Å². The number of methoxy groups -OCH3 is 1. The van der Waals surface area contributed by atoms with Crippen molar-refractivity contribution in [3.63, 3.8) is 0 Å². The Kier molecular flexibility index (Phi) is 6.10. The van der Waals surface area contributed by atoms with Gasteiger partial charge in [0, 0.05) is 18.7 Å². The van der Waals surface area contributed by atoms with E-state index in [0.717, 1.165) is 6.42 Å². The number of nitrogens with zero attached hydrogens (tertiary/aromatic N) is 1. The number of hydrogen-bond acceptors (Lipinski definition) is 5. The number of hydrogen-bond donors (Lipinski definition) is 2. The lowest BCUT2D eigenvalue weighted by atomic mass is 10.0. The SMILES string of the molecule is COc1cc([N+](=O)[O-])ccc1C(=O)NC(CN)CC(C)C. The standard InChI is InChI=1S/C14H21N3O4/c1-9(2)6-10(8-15)16-14(18)12-5-4-11(17(19)20)7-13(12)21-3/h4-5,7,9-10H,6,8,15H2,1-3H3,(H,16,18). The second-order valence-corrected chi connectivity index (χ2v) is 5.18. The Morgan fingerprint density at radius 1 is 1.48 bits per heavy atom. The highest BCUT2D eigenvalue weighted by molar-refractivity contribution is 5.97. The van der Waals surface area contributed by atoms with E-state index in [1.807, 2.05) is 13.8 Å². The zero-order valence-electron chi connectivity index (χ0n) is 12.5. The van der Waals surface area contributed by atoms with Gasteiger partial charge >= 0.3 is 0 Å². The lowest BCUT2D eigenvalue weighted by molar-refractivity contribution is -0.384. The van der Waals surface area contributed by atoms with Crippen LogP contribution in [-0.4, -0.2) is 30.5 Å². The Labute approximate surface area is 123 Å². The number of nitro groups is 1. The van der Waals surface area contributed by atoms with E-state index in [-0.39, 0.29) is 28.9 Å². The fourth-order valence-corrected chi connectivity index (χ4v) is 2.03. The third kappa shape index (κ3) is 4.71. The van der Waals surface area contributed by atoms with E-state index in [9.17, 15) is 14.9 Å². The molecule has 1 aromatic rings. The highest BCUT2D eigenvalue weighted by Crippen LogP contribution is 2.24. The first-order chi connectivity index (χ1) is 9.88. The maximum atomic E-state index is 12.2. The lowest BCUT2D eigenvalue weighted by Crippen LogP contribution is -2.41. The van der Waals surface area contributed by atoms with Crippen LogP contribution >= 0.6 is 0 Å². The number of ether oxygens (including phenoxy) is 1. The zero-order chi connectivity index (χ0) is 16.0. The molecular formula is C14H21N3O4. The summed E-state index contributed by atoms with van der Waals surface area (Å²) in [4.78, 5) is 22.4. The van der Waals surface area contributed by atoms with Crippen LogP contribution in [0.1, 0.15) is 30.6 Å². The molecule has 7 nitrogen and oxygen atoms in total. The summed E-state index contributed by atoms with van der Waals surface area (Å²) in [6.45, 7) is 4.42. The Balaban J connectivity index is 2.93. The Morgan fingerprint density at radius 2 is 2.14 bits per heavy atom. The summed E-state index contributed by atoms with van der Waals surface area (Å²) in [7, 11) is 1.37. The van der Waals surface area contributed by atoms with E-state index >= 15 is 0 Å². The van der Waals surface area contributed by atoms with Crippen LogP contribution in [0.2, 0.25) is 0 Å². The van der Waals surface area contributed by atoms with Crippen LogP contribution in [0, 0.1) is 16.0 Å². The van der Waals surface area contributed by atoms with Crippen LogP contribution in [0.25, 0.3) is 0 Å². The number of nitro benzene ring substituents is 1. The second kappa shape index (κ2) is 7.58. The van der Waals surface area contributed by atoms with Gasteiger partial charge in [0.1, 0.15) is 5.75 Å². The molecule has 7 heteroatoms. The first kappa shape index (κ1) is 16.9. The zero-order valence-corrected chi connectivity index (χ0v) is 12.5. The van der Waals surface area contributed by atoms with E-state index < -0.39 is 4.92 Å². The normalized spacial score (nSPS) is 12.0. The van der Waals surface area contributed by atoms with E-state index in [1.165, 1.54) is 25.3 Å². The minimum absolute atomic E-state index is 0.124. The number of carbonyl (C=O) groups excluding carboxylic acids is 1. The van der Waals surface area contributed by atoms with Crippen LogP contribution in [-0.2, 0) is 0 Å². The summed E-state index contributed by atoms with van der Waals surface area (Å²) < 4.78 is 5.06. The number of nitrogens with two attached hydrogens (primary N) is 1. The van der Waals surface area contributed by atoms with Gasteiger partial charge in [-0.2, -0.15) is 0 Å². The van der Waals surface area contributed by atoms with Gasteiger partial charge in [0.05, 0.1) is 23.7 Å². The molecule has 1 unspecified atom stereocenters. The van der Waals surface area contributed by atoms with Crippen LogP contribution in [0.15, 0.2) is 18.2 Å². The molecule has 1 aromatic carbocycles. The van der Waals surface area contributed by atoms with Gasteiger partial charge in [-0.1, -0.05) is 13.8 Å². The van der Waals surface area contributed by atoms with Crippen LogP contribution in [0.5, 0.6) is 5.75 Å². The molecule has 0 saturated carbocycles. The predicted octanol–water partition coefficient (Wildman–Crippen LogP) is 1.71. The minimum Gasteiger partial charge on any atom is -0.496 e. The fourth-order valence-electron chi connectivity index (χ4n) is 2.03. The van der Waals surface area contributed by atoms with Gasteiger partial charge in [-0.3, -0.25) is 14.9 Å². The number of nitrogens with one attached hydrogen (secondary N) is 1. The molecule has 0 aliphatic rings. The van der Waals surface area contributed by atoms with Crippen molar-refractivity contribution in [2.75, 3.05) is 13.7 Å². The molecule has 0 spiro atoms. The van der Waals surface area contributed by atoms with E-state index in [4.69, 9.17) is 10.5 Å². The van der Waals surface area contributed by atoms with Gasteiger partial charge in [-0.15, -0.1) is 0 Å². The Hall–Kier alpha value is -2.15. The molecule has 0 bridgehead atoms. The molecule has 1 amide bonds. The van der Waals surface area contributed by atoms with E-state index in [2.05, 4.69) is 5.32 Å². The average molecular weight is 295 g/mol. The summed E-state index contributed by atoms with van der Waals surface area (Å²) in [6.07, 6.45) is 0.761. The highest BCUT2D eigenvalue weighted by Gasteiger charge is 2.19. The molecule has 0 heterocycles. The highest BCUT2D eigenvalue weighted by atomic mass is 16.6. The topological polar surface area (TPSA) is 107 Å². The van der Waals surface area contributed by atoms with Gasteiger partial charge in [-0.25, -0.2) is 0 Å². The number of carbonyl (C=O) groups is 1. The molecule has 116 valence electrons. The molecule has 3 N–H and O–H groups in total. The first-order valence-corrected chi connectivity index (χ1v) is 6.72. The molecule has 0 radical (unpaired) electrons. The molecule has 1 rings (SSSR count). The van der Waals surface area contributed by atoms with E-state index in [0.29, 0.717) is 12.5 Å². The average Bonchev–Trinajstić information content (AvgIpc) is 2.44. The third-order valence-corrected chi connectivity index (χ3v) is 3.02. The molecule has 0 saturated heterocycles. The molecule has 0 aliphatic heterocycles. The van der Waals surface area contributed by atoms with Crippen LogP contribution in [0.4, 0.5) is 5.69 Å². The van der Waals surface area contributed by atoms with Crippen molar-refractivity contribution in [2.45, 2.75) is 26.3 Å². The van der Waals surface area contributed by atoms with Crippen molar-refractivity contribution in [3.05, 3.63) is 33.9 Å². The quantitative estimate of drug-likeness (QED) is 0.588. The number of amides is 1. The Morgan fingerprint density at radius 3 is 2.62 bits per heavy atom. The monoisotopic (exact) mass is 295 g/mol. The van der Waals surface area contributed by atoms with Gasteiger partial charge in [-0.05, 0) is 18.4 Å². The maximum Gasteiger partial charge on any atom is 0.273 e. The molecule has 0 fully saturated rings. The maximum absolute atomic E-state index is 12.2. The molecular weight excluding hydrogens is 274 g/mol. The number of rotatable bonds is 7. The molecule has 0 aromatic heterocycles. The van der Waals surface area contributed by atoms with Crippen molar-refractivity contribution in [3.8, 4) is 5.75 Å². The van der Waals surface area contributed by atoms with Gasteiger partial charge in [0.25, 0.3) is 11.6 Å². The minimum atomic E-state index is -0.536. The summed E-state index contributed by atoms with van der Waals surface area (Å²) in [5, 5.41) is 13.6. The number of benzene rings is 1. The predicted molar refractivity (Wildman–Crippen MR) is 79.4 cm³/mol. The van der Waals surface area contributed by atoms with Crippen molar-refractivity contribution in [1.29, 1.82) is 0 Å². The summed E-state index contributed by atoms with van der Waals surface area (Å²) in [6, 6.07) is 3.75. The molecule has 0 aliphatic carbocycles. The molecule has 1 atom stereocenters. The summed E-state index contributed by atoms with van der Waals surface area (Å²) in [5.41, 5.74) is 5.78. The Bertz CT molecular complexity index is 517. The summed E-state index contributed by atoms with van der Waals surface area (Å²) >= 11 is 0. The van der Waals surface area contributed by atoms with Crippen molar-refractivity contribution in [1.82, 2.24) is 5.32 Å². The van der Waals surface area contributed by atoms with E-state index in [1.54, 1.807) is 0 Å². The third-order valence-electron chi connectivity index (χ3n) is 3.02. The largest absolute Gasteiger partial charge is 0.496 e. The van der Waals surface area contributed by atoms with Crippen molar-refractivity contribution >= 4 is 11.6 Å². The van der Waals surface area contributed by atoms with Crippen molar-refractivity contribution in [2.24, 2.45) is 11.7 Å². The van der Waals surface area contributed by atoms with Gasteiger partial charge < -0.3 is 15.8 Å². The van der Waals surface area contributed by atoms with Gasteiger partial charge in [0.2, 0.25) is 0 Å². The lowest BCUT2D eigenvalue weighted by Gasteiger charge is -2.19. The second-order valence-electron chi connectivity index (χ2n) is 5.18. The van der Waals surface area contributed by atoms with Crippen LogP contribution in [0.3, 0.4) is 0 Å². The number of non-ortho nitro benzene ring substituents is 1. The van der Waals surface area contributed by atoms with Gasteiger partial charge in [0.15, 0.2) is 0 Å². The van der Waals surface area contributed by atoms with Crippen molar-refractivity contribution < 1.29 is 14.5 Å². The molecule has 21 heavy (non-hydrogen) atoms. The summed E-state index contributed by atoms with van der Waals surface area (Å²) in [5.74, 6) is 0.220. The first-order valence-electron chi connectivity index (χ1n) is 6.72. The fraction of sp³-hybridized carbons (Fsp3) is 0.500. The smallest absolute Gasteiger partial charge is 0.273 e.